The Bertz CT molecular complexity index is 831. The Balaban J connectivity index is 2.36. The van der Waals surface area contributed by atoms with Gasteiger partial charge in [0.1, 0.15) is 11.2 Å². The van der Waals surface area contributed by atoms with Crippen molar-refractivity contribution >= 4 is 64.6 Å². The van der Waals surface area contributed by atoms with Crippen LogP contribution in [0.3, 0.4) is 0 Å². The van der Waals surface area contributed by atoms with E-state index in [0.29, 0.717) is 0 Å². The summed E-state index contributed by atoms with van der Waals surface area (Å²) in [4.78, 5) is 0. The summed E-state index contributed by atoms with van der Waals surface area (Å²) in [7, 11) is 0. The first kappa shape index (κ1) is 10.6. The molecule has 18 heavy (non-hydrogen) atoms. The average molecular weight is 366 g/mol. The van der Waals surface area contributed by atoms with Crippen LogP contribution in [0.4, 0.5) is 0 Å². The van der Waals surface area contributed by atoms with Gasteiger partial charge >= 0.3 is 0 Å². The molecule has 2 heterocycles. The first-order chi connectivity index (χ1) is 8.72. The van der Waals surface area contributed by atoms with Crippen molar-refractivity contribution in [1.29, 1.82) is 0 Å². The van der Waals surface area contributed by atoms with Crippen LogP contribution in [0.2, 0.25) is 0 Å². The third kappa shape index (κ3) is 1.39. The molecule has 4 aromatic rings. The molecule has 0 aliphatic carbocycles. The molecular formula is C14H6Br2O2. The molecule has 0 atom stereocenters. The maximum Gasteiger partial charge on any atom is 0.170 e. The molecule has 0 bridgehead atoms. The van der Waals surface area contributed by atoms with Crippen molar-refractivity contribution in [1.82, 2.24) is 0 Å². The quantitative estimate of drug-likeness (QED) is 0.390. The highest BCUT2D eigenvalue weighted by Crippen LogP contribution is 2.37. The summed E-state index contributed by atoms with van der Waals surface area (Å²) in [5.74, 6) is 0. The molecule has 0 unspecified atom stereocenters. The normalized spacial score (nSPS) is 11.9. The topological polar surface area (TPSA) is 26.3 Å². The number of hydrogen-bond donors (Lipinski definition) is 0. The molecule has 88 valence electrons. The highest BCUT2D eigenvalue weighted by Gasteiger charge is 2.12. The van der Waals surface area contributed by atoms with Crippen molar-refractivity contribution in [3.63, 3.8) is 0 Å². The zero-order valence-corrected chi connectivity index (χ0v) is 12.2. The Morgan fingerprint density at radius 2 is 1.50 bits per heavy atom. The van der Waals surface area contributed by atoms with Crippen LogP contribution in [-0.2, 0) is 0 Å². The van der Waals surface area contributed by atoms with Crippen molar-refractivity contribution < 1.29 is 8.83 Å². The molecule has 0 saturated heterocycles. The zero-order valence-electron chi connectivity index (χ0n) is 9.04. The summed E-state index contributed by atoms with van der Waals surface area (Å²) in [6, 6.07) is 12.1. The second kappa shape index (κ2) is 3.62. The van der Waals surface area contributed by atoms with Gasteiger partial charge in [-0.2, -0.15) is 0 Å². The second-order valence-corrected chi connectivity index (χ2v) is 5.72. The fourth-order valence-electron chi connectivity index (χ4n) is 2.36. The van der Waals surface area contributed by atoms with Gasteiger partial charge in [-0.05, 0) is 55.4 Å². The van der Waals surface area contributed by atoms with Crippen LogP contribution in [-0.4, -0.2) is 0 Å². The smallest absolute Gasteiger partial charge is 0.170 e. The van der Waals surface area contributed by atoms with Crippen molar-refractivity contribution in [2.45, 2.75) is 0 Å². The standard InChI is InChI=1S/C14H6Br2O2/c15-11-5-8-2-1-7-3-4-10-9(6-12(16)17-10)13(7)14(8)18-11/h1-6H. The maximum atomic E-state index is 5.76. The minimum absolute atomic E-state index is 0.729. The molecule has 0 aliphatic rings. The van der Waals surface area contributed by atoms with E-state index in [0.717, 1.165) is 42.0 Å². The Morgan fingerprint density at radius 1 is 0.778 bits per heavy atom. The van der Waals surface area contributed by atoms with Crippen LogP contribution in [0, 0.1) is 0 Å². The molecule has 2 aromatic heterocycles. The predicted octanol–water partition coefficient (Wildman–Crippen LogP) is 5.86. The van der Waals surface area contributed by atoms with Gasteiger partial charge in [-0.3, -0.25) is 0 Å². The first-order valence-corrected chi connectivity index (χ1v) is 7.01. The summed E-state index contributed by atoms with van der Waals surface area (Å²) in [6.07, 6.45) is 0. The number of rotatable bonds is 0. The summed E-state index contributed by atoms with van der Waals surface area (Å²) in [5, 5.41) is 4.38. The van der Waals surface area contributed by atoms with E-state index in [1.165, 1.54) is 0 Å². The minimum atomic E-state index is 0.729. The lowest BCUT2D eigenvalue weighted by atomic mass is 10.0. The van der Waals surface area contributed by atoms with Gasteiger partial charge in [0.2, 0.25) is 0 Å². The molecule has 4 heteroatoms. The van der Waals surface area contributed by atoms with Gasteiger partial charge in [0.05, 0.1) is 0 Å². The Morgan fingerprint density at radius 3 is 2.39 bits per heavy atom. The van der Waals surface area contributed by atoms with E-state index in [1.807, 2.05) is 24.3 Å². The molecule has 0 radical (unpaired) electrons. The summed E-state index contributed by atoms with van der Waals surface area (Å²) in [5.41, 5.74) is 1.74. The van der Waals surface area contributed by atoms with Gasteiger partial charge in [0, 0.05) is 16.2 Å². The third-order valence-electron chi connectivity index (χ3n) is 3.10. The fourth-order valence-corrected chi connectivity index (χ4v) is 3.17. The Hall–Kier alpha value is -1.26. The lowest BCUT2D eigenvalue weighted by molar-refractivity contribution is 0.587. The first-order valence-electron chi connectivity index (χ1n) is 5.42. The Labute approximate surface area is 119 Å². The van der Waals surface area contributed by atoms with Gasteiger partial charge in [-0.1, -0.05) is 18.2 Å². The van der Waals surface area contributed by atoms with E-state index in [-0.39, 0.29) is 0 Å². The lowest BCUT2D eigenvalue weighted by Gasteiger charge is -1.99. The predicted molar refractivity (Wildman–Crippen MR) is 78.9 cm³/mol. The molecule has 0 amide bonds. The molecular weight excluding hydrogens is 360 g/mol. The van der Waals surface area contributed by atoms with Gasteiger partial charge in [0.15, 0.2) is 9.34 Å². The van der Waals surface area contributed by atoms with E-state index in [1.54, 1.807) is 0 Å². The lowest BCUT2D eigenvalue weighted by Crippen LogP contribution is -1.74. The maximum absolute atomic E-state index is 5.76. The van der Waals surface area contributed by atoms with Crippen LogP contribution >= 0.6 is 31.9 Å². The summed E-state index contributed by atoms with van der Waals surface area (Å²) < 4.78 is 12.8. The molecule has 4 rings (SSSR count). The van der Waals surface area contributed by atoms with Crippen molar-refractivity contribution in [3.8, 4) is 0 Å². The molecule has 0 N–H and O–H groups in total. The SMILES string of the molecule is Brc1cc2c(ccc3ccc4cc(Br)oc4c32)o1. The molecule has 2 aromatic carbocycles. The van der Waals surface area contributed by atoms with Gasteiger partial charge < -0.3 is 8.83 Å². The van der Waals surface area contributed by atoms with E-state index < -0.39 is 0 Å². The van der Waals surface area contributed by atoms with Crippen LogP contribution in [0.5, 0.6) is 0 Å². The fraction of sp³-hybridized carbons (Fsp3) is 0. The average Bonchev–Trinajstić information content (AvgIpc) is 2.88. The number of hydrogen-bond acceptors (Lipinski definition) is 2. The van der Waals surface area contributed by atoms with Crippen LogP contribution in [0.15, 0.2) is 54.6 Å². The van der Waals surface area contributed by atoms with Crippen LogP contribution < -0.4 is 0 Å². The van der Waals surface area contributed by atoms with E-state index in [2.05, 4.69) is 44.0 Å². The monoisotopic (exact) mass is 364 g/mol. The zero-order chi connectivity index (χ0) is 12.3. The van der Waals surface area contributed by atoms with Crippen molar-refractivity contribution in [2.24, 2.45) is 0 Å². The van der Waals surface area contributed by atoms with Gasteiger partial charge in [-0.15, -0.1) is 0 Å². The number of benzene rings is 2. The van der Waals surface area contributed by atoms with E-state index >= 15 is 0 Å². The second-order valence-electron chi connectivity index (χ2n) is 4.16. The largest absolute Gasteiger partial charge is 0.449 e. The highest BCUT2D eigenvalue weighted by atomic mass is 79.9. The van der Waals surface area contributed by atoms with E-state index in [4.69, 9.17) is 8.83 Å². The van der Waals surface area contributed by atoms with Crippen LogP contribution in [0.25, 0.3) is 32.7 Å². The van der Waals surface area contributed by atoms with Crippen molar-refractivity contribution in [3.05, 3.63) is 45.7 Å². The minimum Gasteiger partial charge on any atom is -0.449 e. The number of halogens is 2. The number of fused-ring (bicyclic) bond motifs is 5. The van der Waals surface area contributed by atoms with E-state index in [9.17, 15) is 0 Å². The Kier molecular flexibility index (Phi) is 2.14. The number of furan rings is 2. The molecule has 0 saturated carbocycles. The van der Waals surface area contributed by atoms with Crippen LogP contribution in [0.1, 0.15) is 0 Å². The summed E-state index contributed by atoms with van der Waals surface area (Å²) in [6.45, 7) is 0. The molecule has 0 fully saturated rings. The van der Waals surface area contributed by atoms with Gasteiger partial charge in [0.25, 0.3) is 0 Å². The molecule has 0 spiro atoms. The third-order valence-corrected chi connectivity index (χ3v) is 3.88. The van der Waals surface area contributed by atoms with Gasteiger partial charge in [-0.25, -0.2) is 0 Å². The molecule has 0 aliphatic heterocycles. The molecule has 2 nitrogen and oxygen atoms in total. The summed E-state index contributed by atoms with van der Waals surface area (Å²) >= 11 is 6.75. The highest BCUT2D eigenvalue weighted by molar-refractivity contribution is 9.10. The van der Waals surface area contributed by atoms with Crippen molar-refractivity contribution in [2.75, 3.05) is 0 Å².